The SMILES string of the molecule is Nc1ccc(N2CCCNC2=O)c2cccnc12. The van der Waals surface area contributed by atoms with Crippen LogP contribution in [-0.2, 0) is 0 Å². The fraction of sp³-hybridized carbons (Fsp3) is 0.231. The molecule has 0 aliphatic carbocycles. The van der Waals surface area contributed by atoms with E-state index in [1.54, 1.807) is 17.2 Å². The van der Waals surface area contributed by atoms with Crippen LogP contribution in [0.2, 0.25) is 0 Å². The van der Waals surface area contributed by atoms with E-state index in [9.17, 15) is 4.79 Å². The molecule has 1 saturated heterocycles. The molecule has 3 N–H and O–H groups in total. The van der Waals surface area contributed by atoms with Gasteiger partial charge in [0.05, 0.1) is 16.9 Å². The Morgan fingerprint density at radius 1 is 1.33 bits per heavy atom. The van der Waals surface area contributed by atoms with Crippen molar-refractivity contribution in [3.63, 3.8) is 0 Å². The van der Waals surface area contributed by atoms with E-state index in [0.29, 0.717) is 5.69 Å². The number of hydrogen-bond acceptors (Lipinski definition) is 3. The first-order chi connectivity index (χ1) is 8.77. The van der Waals surface area contributed by atoms with Crippen LogP contribution in [-0.4, -0.2) is 24.1 Å². The summed E-state index contributed by atoms with van der Waals surface area (Å²) in [7, 11) is 0. The highest BCUT2D eigenvalue weighted by molar-refractivity contribution is 6.05. The minimum Gasteiger partial charge on any atom is -0.397 e. The molecule has 18 heavy (non-hydrogen) atoms. The molecule has 1 aliphatic rings. The molecule has 0 bridgehead atoms. The van der Waals surface area contributed by atoms with Gasteiger partial charge in [-0.3, -0.25) is 9.88 Å². The first-order valence-corrected chi connectivity index (χ1v) is 5.96. The predicted octanol–water partition coefficient (Wildman–Crippen LogP) is 1.74. The average Bonchev–Trinajstić information content (AvgIpc) is 2.41. The zero-order chi connectivity index (χ0) is 12.5. The number of nitrogens with two attached hydrogens (primary N) is 1. The van der Waals surface area contributed by atoms with Crippen molar-refractivity contribution in [1.29, 1.82) is 0 Å². The Morgan fingerprint density at radius 2 is 2.22 bits per heavy atom. The quantitative estimate of drug-likeness (QED) is 0.748. The molecular weight excluding hydrogens is 228 g/mol. The van der Waals surface area contributed by atoms with Crippen LogP contribution >= 0.6 is 0 Å². The number of pyridine rings is 1. The Morgan fingerprint density at radius 3 is 3.06 bits per heavy atom. The van der Waals surface area contributed by atoms with Crippen molar-refractivity contribution in [2.24, 2.45) is 0 Å². The molecule has 1 aliphatic heterocycles. The third-order valence-corrected chi connectivity index (χ3v) is 3.15. The van der Waals surface area contributed by atoms with Crippen molar-refractivity contribution in [3.8, 4) is 0 Å². The molecule has 1 fully saturated rings. The van der Waals surface area contributed by atoms with Crippen LogP contribution < -0.4 is 16.0 Å². The van der Waals surface area contributed by atoms with Crippen molar-refractivity contribution in [3.05, 3.63) is 30.5 Å². The summed E-state index contributed by atoms with van der Waals surface area (Å²) in [6, 6.07) is 7.41. The number of aromatic nitrogens is 1. The second-order valence-electron chi connectivity index (χ2n) is 4.31. The van der Waals surface area contributed by atoms with Gasteiger partial charge in [-0.15, -0.1) is 0 Å². The van der Waals surface area contributed by atoms with E-state index < -0.39 is 0 Å². The van der Waals surface area contributed by atoms with Crippen LogP contribution in [0.4, 0.5) is 16.2 Å². The van der Waals surface area contributed by atoms with E-state index >= 15 is 0 Å². The number of nitrogens with zero attached hydrogens (tertiary/aromatic N) is 2. The van der Waals surface area contributed by atoms with Gasteiger partial charge in [-0.2, -0.15) is 0 Å². The summed E-state index contributed by atoms with van der Waals surface area (Å²) in [6.45, 7) is 1.46. The summed E-state index contributed by atoms with van der Waals surface area (Å²) in [5.41, 5.74) is 8.15. The highest BCUT2D eigenvalue weighted by Gasteiger charge is 2.21. The van der Waals surface area contributed by atoms with Gasteiger partial charge in [0.2, 0.25) is 0 Å². The van der Waals surface area contributed by atoms with Gasteiger partial charge in [0, 0.05) is 24.7 Å². The molecule has 2 amide bonds. The monoisotopic (exact) mass is 242 g/mol. The summed E-state index contributed by atoms with van der Waals surface area (Å²) >= 11 is 0. The largest absolute Gasteiger partial charge is 0.397 e. The summed E-state index contributed by atoms with van der Waals surface area (Å²) in [5, 5.41) is 3.76. The summed E-state index contributed by atoms with van der Waals surface area (Å²) in [6.07, 6.45) is 2.65. The first kappa shape index (κ1) is 10.8. The average molecular weight is 242 g/mol. The van der Waals surface area contributed by atoms with Crippen LogP contribution in [0.25, 0.3) is 10.9 Å². The van der Waals surface area contributed by atoms with Crippen LogP contribution in [0.15, 0.2) is 30.5 Å². The molecule has 0 saturated carbocycles. The topological polar surface area (TPSA) is 71.2 Å². The zero-order valence-corrected chi connectivity index (χ0v) is 9.89. The number of fused-ring (bicyclic) bond motifs is 1. The molecule has 0 radical (unpaired) electrons. The van der Waals surface area contributed by atoms with E-state index in [1.165, 1.54) is 0 Å². The maximum atomic E-state index is 11.9. The number of carbonyl (C=O) groups excluding carboxylic acids is 1. The van der Waals surface area contributed by atoms with Crippen LogP contribution in [0, 0.1) is 0 Å². The molecule has 3 rings (SSSR count). The van der Waals surface area contributed by atoms with Gasteiger partial charge in [0.25, 0.3) is 0 Å². The van der Waals surface area contributed by atoms with Gasteiger partial charge in [-0.05, 0) is 30.7 Å². The van der Waals surface area contributed by atoms with E-state index in [0.717, 1.165) is 36.1 Å². The number of urea groups is 1. The molecule has 0 atom stereocenters. The number of nitrogens with one attached hydrogen (secondary N) is 1. The minimum absolute atomic E-state index is 0.0591. The molecule has 2 heterocycles. The van der Waals surface area contributed by atoms with E-state index in [4.69, 9.17) is 5.73 Å². The zero-order valence-electron chi connectivity index (χ0n) is 9.89. The smallest absolute Gasteiger partial charge is 0.321 e. The van der Waals surface area contributed by atoms with E-state index in [1.807, 2.05) is 18.2 Å². The molecule has 1 aromatic heterocycles. The van der Waals surface area contributed by atoms with Crippen molar-refractivity contribution < 1.29 is 4.79 Å². The van der Waals surface area contributed by atoms with Gasteiger partial charge in [0.1, 0.15) is 0 Å². The van der Waals surface area contributed by atoms with Crippen molar-refractivity contribution >= 4 is 28.3 Å². The molecule has 0 unspecified atom stereocenters. The molecule has 2 aromatic rings. The number of nitrogen functional groups attached to an aromatic ring is 1. The summed E-state index contributed by atoms with van der Waals surface area (Å²) < 4.78 is 0. The number of amides is 2. The molecular formula is C13H14N4O. The van der Waals surface area contributed by atoms with Gasteiger partial charge in [0.15, 0.2) is 0 Å². The molecule has 5 heteroatoms. The Kier molecular flexibility index (Phi) is 2.51. The molecule has 5 nitrogen and oxygen atoms in total. The van der Waals surface area contributed by atoms with Gasteiger partial charge < -0.3 is 11.1 Å². The number of hydrogen-bond donors (Lipinski definition) is 2. The lowest BCUT2D eigenvalue weighted by Crippen LogP contribution is -2.46. The fourth-order valence-electron chi connectivity index (χ4n) is 2.27. The van der Waals surface area contributed by atoms with E-state index in [2.05, 4.69) is 10.3 Å². The number of anilines is 2. The van der Waals surface area contributed by atoms with Crippen molar-refractivity contribution in [1.82, 2.24) is 10.3 Å². The highest BCUT2D eigenvalue weighted by atomic mass is 16.2. The lowest BCUT2D eigenvalue weighted by molar-refractivity contribution is 0.243. The fourth-order valence-corrected chi connectivity index (χ4v) is 2.27. The highest BCUT2D eigenvalue weighted by Crippen LogP contribution is 2.30. The third kappa shape index (κ3) is 1.64. The van der Waals surface area contributed by atoms with Gasteiger partial charge in [-0.1, -0.05) is 0 Å². The van der Waals surface area contributed by atoms with Crippen LogP contribution in [0.5, 0.6) is 0 Å². The maximum absolute atomic E-state index is 11.9. The Balaban J connectivity index is 2.17. The van der Waals surface area contributed by atoms with Gasteiger partial charge >= 0.3 is 6.03 Å². The first-order valence-electron chi connectivity index (χ1n) is 5.96. The molecule has 0 spiro atoms. The standard InChI is InChI=1S/C13H14N4O/c14-10-4-5-11(9-3-1-6-15-12(9)10)17-8-2-7-16-13(17)18/h1,3-6H,2,7-8,14H2,(H,16,18). The van der Waals surface area contributed by atoms with Crippen molar-refractivity contribution in [2.45, 2.75) is 6.42 Å². The van der Waals surface area contributed by atoms with Gasteiger partial charge in [-0.25, -0.2) is 4.79 Å². The Bertz CT molecular complexity index is 611. The van der Waals surface area contributed by atoms with Crippen molar-refractivity contribution in [2.75, 3.05) is 23.7 Å². The van der Waals surface area contributed by atoms with Crippen LogP contribution in [0.3, 0.4) is 0 Å². The Labute approximate surface area is 105 Å². The number of rotatable bonds is 1. The van der Waals surface area contributed by atoms with E-state index in [-0.39, 0.29) is 6.03 Å². The number of carbonyl (C=O) groups is 1. The second-order valence-corrected chi connectivity index (χ2v) is 4.31. The number of benzene rings is 1. The lowest BCUT2D eigenvalue weighted by Gasteiger charge is -2.28. The summed E-state index contributed by atoms with van der Waals surface area (Å²) in [4.78, 5) is 17.9. The normalized spacial score (nSPS) is 15.8. The molecule has 92 valence electrons. The predicted molar refractivity (Wildman–Crippen MR) is 71.5 cm³/mol. The lowest BCUT2D eigenvalue weighted by atomic mass is 10.1. The second kappa shape index (κ2) is 4.18. The maximum Gasteiger partial charge on any atom is 0.321 e. The third-order valence-electron chi connectivity index (χ3n) is 3.15. The summed E-state index contributed by atoms with van der Waals surface area (Å²) in [5.74, 6) is 0. The Hall–Kier alpha value is -2.30. The molecule has 1 aromatic carbocycles. The van der Waals surface area contributed by atoms with Crippen LogP contribution in [0.1, 0.15) is 6.42 Å². The minimum atomic E-state index is -0.0591.